The first-order valence-corrected chi connectivity index (χ1v) is 10.0. The van der Waals surface area contributed by atoms with Crippen molar-refractivity contribution in [3.05, 3.63) is 44.5 Å². The Labute approximate surface area is 148 Å². The van der Waals surface area contributed by atoms with Crippen molar-refractivity contribution in [3.63, 3.8) is 0 Å². The van der Waals surface area contributed by atoms with Crippen molar-refractivity contribution in [1.82, 2.24) is 14.5 Å². The predicted octanol–water partition coefficient (Wildman–Crippen LogP) is 0.947. The van der Waals surface area contributed by atoms with Gasteiger partial charge < -0.3 is 4.74 Å². The number of hydrogen-bond acceptors (Lipinski definition) is 7. The third kappa shape index (κ3) is 3.97. The molecule has 0 radical (unpaired) electrons. The lowest BCUT2D eigenvalue weighted by molar-refractivity contribution is 0.0602. The number of carbonyl (C=O) groups excluding carboxylic acids is 1. The fourth-order valence-corrected chi connectivity index (χ4v) is 4.69. The van der Waals surface area contributed by atoms with E-state index in [-0.39, 0.29) is 28.4 Å². The summed E-state index contributed by atoms with van der Waals surface area (Å²) in [5.41, 5.74) is 0.572. The van der Waals surface area contributed by atoms with E-state index in [4.69, 9.17) is 0 Å². The van der Waals surface area contributed by atoms with Crippen LogP contribution in [0.5, 0.6) is 0 Å². The van der Waals surface area contributed by atoms with Crippen molar-refractivity contribution in [2.75, 3.05) is 13.7 Å². The zero-order chi connectivity index (χ0) is 18.0. The van der Waals surface area contributed by atoms with E-state index >= 15 is 0 Å². The maximum absolute atomic E-state index is 12.4. The fraction of sp³-hybridized carbons (Fsp3) is 0.400. The first-order valence-electron chi connectivity index (χ1n) is 7.66. The Balaban J connectivity index is 1.69. The van der Waals surface area contributed by atoms with Crippen LogP contribution >= 0.6 is 11.3 Å². The number of nitrogens with one attached hydrogen (secondary N) is 1. The number of sulfonamides is 1. The SMILES string of the molecule is COC(=O)c1sccc1S(=O)(=O)NCCn1nc(C2CC2)ccc1=O. The monoisotopic (exact) mass is 383 g/mol. The van der Waals surface area contributed by atoms with Crippen LogP contribution in [0.1, 0.15) is 34.1 Å². The van der Waals surface area contributed by atoms with Crippen molar-refractivity contribution < 1.29 is 17.9 Å². The van der Waals surface area contributed by atoms with E-state index in [9.17, 15) is 18.0 Å². The van der Waals surface area contributed by atoms with E-state index in [2.05, 4.69) is 14.6 Å². The van der Waals surface area contributed by atoms with Crippen LogP contribution in [0.4, 0.5) is 0 Å². The smallest absolute Gasteiger partial charge is 0.349 e. The third-order valence-electron chi connectivity index (χ3n) is 3.79. The largest absolute Gasteiger partial charge is 0.465 e. The van der Waals surface area contributed by atoms with E-state index in [0.717, 1.165) is 29.9 Å². The minimum absolute atomic E-state index is 0.0141. The van der Waals surface area contributed by atoms with E-state index in [1.165, 1.54) is 29.3 Å². The van der Waals surface area contributed by atoms with Crippen molar-refractivity contribution in [2.24, 2.45) is 0 Å². The molecular formula is C15H17N3O5S2. The van der Waals surface area contributed by atoms with Crippen molar-refractivity contribution in [1.29, 1.82) is 0 Å². The van der Waals surface area contributed by atoms with Gasteiger partial charge in [0.25, 0.3) is 5.56 Å². The number of methoxy groups -OCH3 is 1. The van der Waals surface area contributed by atoms with E-state index in [1.54, 1.807) is 6.07 Å². The summed E-state index contributed by atoms with van der Waals surface area (Å²) < 4.78 is 33.0. The highest BCUT2D eigenvalue weighted by Gasteiger charge is 2.26. The second-order valence-electron chi connectivity index (χ2n) is 5.60. The summed E-state index contributed by atoms with van der Waals surface area (Å²) in [6.45, 7) is 0.0934. The molecule has 134 valence electrons. The first-order chi connectivity index (χ1) is 11.9. The molecule has 10 heteroatoms. The Morgan fingerprint density at radius 1 is 1.40 bits per heavy atom. The summed E-state index contributed by atoms with van der Waals surface area (Å²) in [6.07, 6.45) is 2.12. The van der Waals surface area contributed by atoms with Crippen LogP contribution < -0.4 is 10.3 Å². The number of esters is 1. The number of ether oxygens (including phenoxy) is 1. The highest BCUT2D eigenvalue weighted by atomic mass is 32.2. The van der Waals surface area contributed by atoms with Crippen molar-refractivity contribution in [2.45, 2.75) is 30.2 Å². The lowest BCUT2D eigenvalue weighted by Crippen LogP contribution is -2.32. The summed E-state index contributed by atoms with van der Waals surface area (Å²) in [5.74, 6) is -0.303. The number of nitrogens with zero attached hydrogens (tertiary/aromatic N) is 2. The Morgan fingerprint density at radius 2 is 2.16 bits per heavy atom. The maximum atomic E-state index is 12.4. The Morgan fingerprint density at radius 3 is 2.84 bits per heavy atom. The fourth-order valence-electron chi connectivity index (χ4n) is 2.34. The number of carbonyl (C=O) groups is 1. The number of hydrogen-bond donors (Lipinski definition) is 1. The lowest BCUT2D eigenvalue weighted by atomic mass is 10.3. The molecule has 0 unspecified atom stereocenters. The molecule has 0 amide bonds. The second kappa shape index (κ2) is 7.06. The van der Waals surface area contributed by atoms with Gasteiger partial charge in [-0.05, 0) is 30.4 Å². The van der Waals surface area contributed by atoms with Gasteiger partial charge in [0, 0.05) is 18.5 Å². The van der Waals surface area contributed by atoms with Crippen LogP contribution in [-0.2, 0) is 21.3 Å². The van der Waals surface area contributed by atoms with Crippen LogP contribution in [0, 0.1) is 0 Å². The Bertz CT molecular complexity index is 944. The highest BCUT2D eigenvalue weighted by molar-refractivity contribution is 7.89. The molecule has 0 aromatic carbocycles. The number of thiophene rings is 1. The molecule has 0 saturated heterocycles. The summed E-state index contributed by atoms with van der Waals surface area (Å²) in [6, 6.07) is 4.51. The number of aromatic nitrogens is 2. The average molecular weight is 383 g/mol. The first kappa shape index (κ1) is 17.8. The maximum Gasteiger partial charge on any atom is 0.349 e. The molecule has 0 aliphatic heterocycles. The van der Waals surface area contributed by atoms with Gasteiger partial charge in [0.2, 0.25) is 10.0 Å². The van der Waals surface area contributed by atoms with E-state index in [0.29, 0.717) is 5.92 Å². The third-order valence-corrected chi connectivity index (χ3v) is 6.32. The minimum Gasteiger partial charge on any atom is -0.465 e. The van der Waals surface area contributed by atoms with Gasteiger partial charge in [0.05, 0.1) is 19.3 Å². The molecule has 2 aromatic heterocycles. The van der Waals surface area contributed by atoms with Crippen LogP contribution in [0.25, 0.3) is 0 Å². The van der Waals surface area contributed by atoms with Gasteiger partial charge in [-0.3, -0.25) is 4.79 Å². The van der Waals surface area contributed by atoms with Gasteiger partial charge in [-0.1, -0.05) is 0 Å². The van der Waals surface area contributed by atoms with Gasteiger partial charge in [-0.25, -0.2) is 22.6 Å². The molecule has 2 aromatic rings. The molecular weight excluding hydrogens is 366 g/mol. The van der Waals surface area contributed by atoms with Crippen LogP contribution in [0.3, 0.4) is 0 Å². The normalized spacial score (nSPS) is 14.4. The summed E-state index contributed by atoms with van der Waals surface area (Å²) >= 11 is 0.992. The molecule has 0 bridgehead atoms. The lowest BCUT2D eigenvalue weighted by Gasteiger charge is -2.09. The molecule has 0 atom stereocenters. The Kier molecular flexibility index (Phi) is 5.02. The molecule has 0 spiro atoms. The number of rotatable bonds is 7. The molecule has 1 aliphatic carbocycles. The molecule has 1 N–H and O–H groups in total. The quantitative estimate of drug-likeness (QED) is 0.713. The van der Waals surface area contributed by atoms with Gasteiger partial charge in [0.15, 0.2) is 0 Å². The zero-order valence-electron chi connectivity index (χ0n) is 13.5. The van der Waals surface area contributed by atoms with Crippen LogP contribution in [0.15, 0.2) is 33.3 Å². The van der Waals surface area contributed by atoms with Gasteiger partial charge in [0.1, 0.15) is 9.77 Å². The second-order valence-corrected chi connectivity index (χ2v) is 8.25. The van der Waals surface area contributed by atoms with Gasteiger partial charge in [-0.2, -0.15) is 5.10 Å². The highest BCUT2D eigenvalue weighted by Crippen LogP contribution is 2.38. The molecule has 25 heavy (non-hydrogen) atoms. The summed E-state index contributed by atoms with van der Waals surface area (Å²) in [4.78, 5) is 23.4. The van der Waals surface area contributed by atoms with E-state index < -0.39 is 16.0 Å². The molecule has 1 aliphatic rings. The van der Waals surface area contributed by atoms with Crippen molar-refractivity contribution in [3.8, 4) is 0 Å². The van der Waals surface area contributed by atoms with Gasteiger partial charge >= 0.3 is 5.97 Å². The van der Waals surface area contributed by atoms with Crippen LogP contribution in [-0.4, -0.2) is 37.8 Å². The summed E-state index contributed by atoms with van der Waals surface area (Å²) in [5, 5.41) is 5.78. The molecule has 2 heterocycles. The van der Waals surface area contributed by atoms with E-state index in [1.807, 2.05) is 0 Å². The molecule has 1 fully saturated rings. The van der Waals surface area contributed by atoms with Crippen LogP contribution in [0.2, 0.25) is 0 Å². The minimum atomic E-state index is -3.88. The topological polar surface area (TPSA) is 107 Å². The Hall–Kier alpha value is -2.04. The molecule has 1 saturated carbocycles. The molecule has 3 rings (SSSR count). The molecule has 8 nitrogen and oxygen atoms in total. The standard InChI is InChI=1S/C15H17N3O5S2/c1-23-15(20)14-12(6-9-24-14)25(21,22)16-7-8-18-13(19)5-4-11(17-18)10-2-3-10/h4-6,9-10,16H,2-3,7-8H2,1H3. The van der Waals surface area contributed by atoms with Gasteiger partial charge in [-0.15, -0.1) is 11.3 Å². The zero-order valence-corrected chi connectivity index (χ0v) is 15.1. The van der Waals surface area contributed by atoms with Crippen molar-refractivity contribution >= 4 is 27.3 Å². The predicted molar refractivity (Wildman–Crippen MR) is 91.3 cm³/mol. The average Bonchev–Trinajstić information content (AvgIpc) is 3.31. The summed E-state index contributed by atoms with van der Waals surface area (Å²) in [7, 11) is -2.69.